The van der Waals surface area contributed by atoms with Gasteiger partial charge in [0.1, 0.15) is 23.2 Å². The molecule has 0 bridgehead atoms. The normalized spacial score (nSPS) is 31.6. The van der Waals surface area contributed by atoms with E-state index in [0.29, 0.717) is 61.2 Å². The Hall–Kier alpha value is -3.28. The molecular formula is C31H30F2O4. The number of allylic oxidation sites excluding steroid dienone is 4. The van der Waals surface area contributed by atoms with E-state index in [9.17, 15) is 18.4 Å². The van der Waals surface area contributed by atoms with Gasteiger partial charge in [0.15, 0.2) is 11.6 Å². The van der Waals surface area contributed by atoms with Crippen molar-refractivity contribution < 1.29 is 27.8 Å². The van der Waals surface area contributed by atoms with Crippen molar-refractivity contribution in [2.45, 2.75) is 70.0 Å². The minimum atomic E-state index is -1.09. The molecule has 2 aromatic rings. The van der Waals surface area contributed by atoms with Crippen LogP contribution in [0, 0.1) is 23.5 Å². The van der Waals surface area contributed by atoms with E-state index < -0.39 is 5.79 Å². The average Bonchev–Trinajstić information content (AvgIpc) is 2.83. The quantitative estimate of drug-likeness (QED) is 0.448. The van der Waals surface area contributed by atoms with Crippen LogP contribution in [0.4, 0.5) is 8.78 Å². The minimum absolute atomic E-state index is 0.0604. The summed E-state index contributed by atoms with van der Waals surface area (Å²) in [5, 5.41) is 0. The third kappa shape index (κ3) is 4.30. The Balaban J connectivity index is 1.48. The first kappa shape index (κ1) is 24.1. The highest BCUT2D eigenvalue weighted by atomic mass is 19.1. The van der Waals surface area contributed by atoms with Crippen molar-refractivity contribution in [3.63, 3.8) is 0 Å². The number of ketones is 2. The maximum Gasteiger partial charge on any atom is 0.252 e. The molecular weight excluding hydrogens is 474 g/mol. The first-order valence-corrected chi connectivity index (χ1v) is 13.1. The first-order valence-electron chi connectivity index (χ1n) is 13.1. The van der Waals surface area contributed by atoms with Gasteiger partial charge in [0, 0.05) is 61.5 Å². The second-order valence-corrected chi connectivity index (χ2v) is 11.3. The van der Waals surface area contributed by atoms with Crippen LogP contribution in [0.3, 0.4) is 0 Å². The van der Waals surface area contributed by atoms with Gasteiger partial charge < -0.3 is 9.47 Å². The number of hydrogen-bond donors (Lipinski definition) is 0. The monoisotopic (exact) mass is 504 g/mol. The number of ether oxygens (including phenoxy) is 2. The van der Waals surface area contributed by atoms with Crippen molar-refractivity contribution in [2.24, 2.45) is 11.8 Å². The van der Waals surface area contributed by atoms with Crippen LogP contribution in [-0.4, -0.2) is 17.4 Å². The fourth-order valence-electron chi connectivity index (χ4n) is 6.64. The molecule has 0 saturated heterocycles. The lowest BCUT2D eigenvalue weighted by Gasteiger charge is -2.50. The summed E-state index contributed by atoms with van der Waals surface area (Å²) in [6, 6.07) is 12.6. The predicted octanol–water partition coefficient (Wildman–Crippen LogP) is 6.88. The van der Waals surface area contributed by atoms with Crippen molar-refractivity contribution in [3.8, 4) is 0 Å². The third-order valence-electron chi connectivity index (χ3n) is 8.23. The smallest absolute Gasteiger partial charge is 0.252 e. The second-order valence-electron chi connectivity index (χ2n) is 11.3. The first-order chi connectivity index (χ1) is 17.7. The number of carbonyl (C=O) groups excluding carboxylic acids is 2. The van der Waals surface area contributed by atoms with Gasteiger partial charge in [-0.05, 0) is 47.2 Å². The van der Waals surface area contributed by atoms with E-state index in [1.807, 2.05) is 13.8 Å². The summed E-state index contributed by atoms with van der Waals surface area (Å²) in [4.78, 5) is 26.5. The molecule has 6 rings (SSSR count). The van der Waals surface area contributed by atoms with Gasteiger partial charge in [0.25, 0.3) is 5.79 Å². The van der Waals surface area contributed by atoms with Gasteiger partial charge in [-0.25, -0.2) is 8.78 Å². The van der Waals surface area contributed by atoms with Crippen molar-refractivity contribution >= 4 is 11.6 Å². The molecule has 2 heterocycles. The van der Waals surface area contributed by atoms with Crippen molar-refractivity contribution in [1.29, 1.82) is 0 Å². The van der Waals surface area contributed by atoms with Crippen LogP contribution in [0.25, 0.3) is 0 Å². The summed E-state index contributed by atoms with van der Waals surface area (Å²) >= 11 is 0. The minimum Gasteiger partial charge on any atom is -0.456 e. The molecule has 2 aromatic carbocycles. The summed E-state index contributed by atoms with van der Waals surface area (Å²) in [7, 11) is 0. The van der Waals surface area contributed by atoms with E-state index >= 15 is 0 Å². The molecule has 0 aromatic heterocycles. The van der Waals surface area contributed by atoms with E-state index in [-0.39, 0.29) is 46.9 Å². The van der Waals surface area contributed by atoms with E-state index in [2.05, 4.69) is 0 Å². The number of hydrogen-bond acceptors (Lipinski definition) is 4. The molecule has 1 spiro atoms. The van der Waals surface area contributed by atoms with Crippen molar-refractivity contribution in [1.82, 2.24) is 0 Å². The van der Waals surface area contributed by atoms with Gasteiger partial charge in [0.2, 0.25) is 0 Å². The Morgan fingerprint density at radius 3 is 1.41 bits per heavy atom. The Bertz CT molecular complexity index is 1220. The fourth-order valence-corrected chi connectivity index (χ4v) is 6.64. The Morgan fingerprint density at radius 2 is 1.03 bits per heavy atom. The second kappa shape index (κ2) is 8.93. The zero-order chi connectivity index (χ0) is 25.9. The van der Waals surface area contributed by atoms with Crippen LogP contribution in [0.5, 0.6) is 0 Å². The maximum absolute atomic E-state index is 13.8. The lowest BCUT2D eigenvalue weighted by Crippen LogP contribution is -2.48. The molecule has 0 saturated carbocycles. The Morgan fingerprint density at radius 1 is 0.649 bits per heavy atom. The van der Waals surface area contributed by atoms with Gasteiger partial charge in [-0.1, -0.05) is 38.1 Å². The summed E-state index contributed by atoms with van der Waals surface area (Å²) in [5.74, 6) is -0.705. The van der Waals surface area contributed by atoms with Gasteiger partial charge in [-0.15, -0.1) is 0 Å². The molecule has 6 heteroatoms. The zero-order valence-corrected chi connectivity index (χ0v) is 21.1. The molecule has 4 atom stereocenters. The van der Waals surface area contributed by atoms with Crippen molar-refractivity contribution in [2.75, 3.05) is 0 Å². The van der Waals surface area contributed by atoms with Crippen LogP contribution in [-0.2, 0) is 19.1 Å². The molecule has 37 heavy (non-hydrogen) atoms. The van der Waals surface area contributed by atoms with Crippen molar-refractivity contribution in [3.05, 3.63) is 94.0 Å². The van der Waals surface area contributed by atoms with Crippen LogP contribution in [0.15, 0.2) is 71.2 Å². The van der Waals surface area contributed by atoms with E-state index in [1.165, 1.54) is 24.3 Å². The van der Waals surface area contributed by atoms with Gasteiger partial charge >= 0.3 is 0 Å². The Labute approximate surface area is 215 Å². The lowest BCUT2D eigenvalue weighted by atomic mass is 9.70. The van der Waals surface area contributed by atoms with Crippen LogP contribution >= 0.6 is 0 Å². The number of rotatable bonds is 2. The molecule has 4 unspecified atom stereocenters. The summed E-state index contributed by atoms with van der Waals surface area (Å²) < 4.78 is 40.9. The summed E-state index contributed by atoms with van der Waals surface area (Å²) in [5.41, 5.74) is 3.00. The van der Waals surface area contributed by atoms with E-state index in [4.69, 9.17) is 9.47 Å². The molecule has 0 radical (unpaired) electrons. The fraction of sp³-hybridized carbons (Fsp3) is 0.419. The lowest BCUT2D eigenvalue weighted by molar-refractivity contribution is -0.225. The van der Waals surface area contributed by atoms with Gasteiger partial charge in [0.05, 0.1) is 0 Å². The largest absolute Gasteiger partial charge is 0.456 e. The molecule has 0 fully saturated rings. The average molecular weight is 505 g/mol. The molecule has 2 aliphatic heterocycles. The highest BCUT2D eigenvalue weighted by Crippen LogP contribution is 2.55. The number of halogens is 2. The zero-order valence-electron chi connectivity index (χ0n) is 21.1. The van der Waals surface area contributed by atoms with Crippen LogP contribution in [0.1, 0.15) is 75.3 Å². The topological polar surface area (TPSA) is 52.6 Å². The number of benzene rings is 2. The highest BCUT2D eigenvalue weighted by Gasteiger charge is 2.53. The number of carbonyl (C=O) groups is 2. The van der Waals surface area contributed by atoms with Gasteiger partial charge in [-0.2, -0.15) is 0 Å². The SMILES string of the molecule is CC1CC(=O)C2=C(C1)OC1(CC2c2ccc(F)cc2)CC(c2ccc(F)cc2)C2=C(CC(C)CC2=O)O1. The van der Waals surface area contributed by atoms with Gasteiger partial charge in [-0.3, -0.25) is 9.59 Å². The summed E-state index contributed by atoms with van der Waals surface area (Å²) in [6.07, 6.45) is 2.88. The van der Waals surface area contributed by atoms with E-state index in [1.54, 1.807) is 24.3 Å². The molecule has 192 valence electrons. The molecule has 0 amide bonds. The molecule has 0 N–H and O–H groups in total. The van der Waals surface area contributed by atoms with Crippen LogP contribution < -0.4 is 0 Å². The highest BCUT2D eigenvalue weighted by molar-refractivity contribution is 5.99. The van der Waals surface area contributed by atoms with E-state index in [0.717, 1.165) is 11.1 Å². The standard InChI is InChI=1S/C31H30F2O4/c1-17-11-25(34)29-23(19-3-7-21(32)8-4-19)15-31(36-27(29)13-17)16-24(20-5-9-22(33)10-6-20)30-26(35)12-18(2)14-28(30)37-31/h3-10,17-18,23-24H,11-16H2,1-2H3. The number of Topliss-reactive ketones (excluding diaryl/α,β-unsaturated/α-hetero) is 2. The Kier molecular flexibility index (Phi) is 5.81. The molecule has 2 aliphatic carbocycles. The summed E-state index contributed by atoms with van der Waals surface area (Å²) in [6.45, 7) is 4.06. The maximum atomic E-state index is 13.8. The third-order valence-corrected chi connectivity index (χ3v) is 8.23. The molecule has 4 aliphatic rings. The van der Waals surface area contributed by atoms with Crippen LogP contribution in [0.2, 0.25) is 0 Å². The molecule has 4 nitrogen and oxygen atoms in total. The predicted molar refractivity (Wildman–Crippen MR) is 133 cm³/mol.